The van der Waals surface area contributed by atoms with Gasteiger partial charge in [-0.25, -0.2) is 15.0 Å². The second kappa shape index (κ2) is 6.98. The fraction of sp³-hybridized carbons (Fsp3) is 0.474. The van der Waals surface area contributed by atoms with Crippen molar-refractivity contribution in [1.29, 1.82) is 0 Å². The molecule has 1 saturated carbocycles. The number of nitrogens with zero attached hydrogens (tertiary/aromatic N) is 2. The van der Waals surface area contributed by atoms with Gasteiger partial charge >= 0.3 is 0 Å². The van der Waals surface area contributed by atoms with E-state index >= 15 is 0 Å². The van der Waals surface area contributed by atoms with E-state index in [1.54, 1.807) is 6.20 Å². The number of hydroxylamine groups is 1. The number of hydrogen-bond donors (Lipinski definition) is 1. The van der Waals surface area contributed by atoms with Crippen LogP contribution in [0.25, 0.3) is 5.69 Å². The molecule has 1 aromatic carbocycles. The maximum atomic E-state index is 12.6. The number of aromatic nitrogens is 2. The Labute approximate surface area is 147 Å². The number of carbonyl (C=O) groups excluding carboxylic acids is 1. The predicted molar refractivity (Wildman–Crippen MR) is 92.4 cm³/mol. The van der Waals surface area contributed by atoms with Crippen molar-refractivity contribution in [2.75, 3.05) is 6.61 Å². The van der Waals surface area contributed by atoms with Gasteiger partial charge in [-0.1, -0.05) is 18.2 Å². The first-order chi connectivity index (χ1) is 12.2. The number of benzene rings is 1. The molecule has 2 aliphatic rings. The molecular weight excluding hydrogens is 318 g/mol. The maximum Gasteiger partial charge on any atom is 0.278 e. The lowest BCUT2D eigenvalue weighted by atomic mass is 10.1. The molecule has 1 saturated heterocycles. The van der Waals surface area contributed by atoms with Crippen LogP contribution < -0.4 is 5.48 Å². The summed E-state index contributed by atoms with van der Waals surface area (Å²) in [5.74, 6) is 0.129. The second-order valence-electron chi connectivity index (χ2n) is 6.76. The Morgan fingerprint density at radius 3 is 2.84 bits per heavy atom. The van der Waals surface area contributed by atoms with Gasteiger partial charge in [0.2, 0.25) is 0 Å². The van der Waals surface area contributed by atoms with E-state index < -0.39 is 0 Å². The molecule has 4 rings (SSSR count). The summed E-state index contributed by atoms with van der Waals surface area (Å²) in [6.45, 7) is 2.73. The van der Waals surface area contributed by atoms with E-state index in [1.165, 1.54) is 0 Å². The van der Waals surface area contributed by atoms with E-state index in [9.17, 15) is 4.79 Å². The van der Waals surface area contributed by atoms with Gasteiger partial charge in [-0.05, 0) is 44.2 Å². The van der Waals surface area contributed by atoms with Crippen LogP contribution in [0.4, 0.5) is 0 Å². The van der Waals surface area contributed by atoms with Gasteiger partial charge in [0.15, 0.2) is 6.29 Å². The summed E-state index contributed by atoms with van der Waals surface area (Å²) >= 11 is 0. The lowest BCUT2D eigenvalue weighted by Crippen LogP contribution is -2.33. The van der Waals surface area contributed by atoms with Crippen molar-refractivity contribution in [2.24, 2.45) is 0 Å². The van der Waals surface area contributed by atoms with Crippen molar-refractivity contribution in [3.8, 4) is 5.69 Å². The minimum Gasteiger partial charge on any atom is -0.350 e. The number of carbonyl (C=O) groups is 1. The lowest BCUT2D eigenvalue weighted by Gasteiger charge is -2.22. The Hall–Kier alpha value is -2.18. The molecule has 0 radical (unpaired) electrons. The summed E-state index contributed by atoms with van der Waals surface area (Å²) < 4.78 is 7.39. The second-order valence-corrected chi connectivity index (χ2v) is 6.76. The summed E-state index contributed by atoms with van der Waals surface area (Å²) in [4.78, 5) is 18.1. The zero-order valence-electron chi connectivity index (χ0n) is 14.4. The highest BCUT2D eigenvalue weighted by Crippen LogP contribution is 2.42. The fourth-order valence-corrected chi connectivity index (χ4v) is 3.25. The topological polar surface area (TPSA) is 65.4 Å². The van der Waals surface area contributed by atoms with Crippen LogP contribution in [0.15, 0.2) is 30.5 Å². The first-order valence-corrected chi connectivity index (χ1v) is 8.95. The maximum absolute atomic E-state index is 12.6. The Morgan fingerprint density at radius 2 is 2.12 bits per heavy atom. The van der Waals surface area contributed by atoms with Crippen LogP contribution in [0, 0.1) is 6.92 Å². The molecule has 1 aromatic heterocycles. The van der Waals surface area contributed by atoms with E-state index in [4.69, 9.17) is 9.57 Å². The molecule has 6 heteroatoms. The highest BCUT2D eigenvalue weighted by atomic mass is 16.8. The van der Waals surface area contributed by atoms with Gasteiger partial charge in [-0.3, -0.25) is 4.79 Å². The van der Waals surface area contributed by atoms with E-state index in [0.717, 1.165) is 49.0 Å². The largest absolute Gasteiger partial charge is 0.350 e. The third-order valence-corrected chi connectivity index (χ3v) is 4.78. The molecule has 0 bridgehead atoms. The molecule has 2 aromatic rings. The van der Waals surface area contributed by atoms with Crippen molar-refractivity contribution in [2.45, 2.75) is 51.2 Å². The smallest absolute Gasteiger partial charge is 0.278 e. The Morgan fingerprint density at radius 1 is 1.28 bits per heavy atom. The van der Waals surface area contributed by atoms with E-state index in [2.05, 4.69) is 23.6 Å². The van der Waals surface area contributed by atoms with Crippen LogP contribution in [0.5, 0.6) is 0 Å². The molecular formula is C19H23N3O3. The van der Waals surface area contributed by atoms with Crippen LogP contribution in [0.2, 0.25) is 0 Å². The number of aryl methyl sites for hydroxylation is 1. The van der Waals surface area contributed by atoms with Crippen molar-refractivity contribution in [3.63, 3.8) is 0 Å². The van der Waals surface area contributed by atoms with Gasteiger partial charge in [-0.2, -0.15) is 5.10 Å². The average Bonchev–Trinajstić information content (AvgIpc) is 3.39. The molecule has 0 spiro atoms. The van der Waals surface area contributed by atoms with Crippen LogP contribution in [0.1, 0.15) is 59.6 Å². The molecule has 1 aliphatic carbocycles. The fourth-order valence-electron chi connectivity index (χ4n) is 3.25. The van der Waals surface area contributed by atoms with Crippen LogP contribution in [-0.4, -0.2) is 28.6 Å². The number of nitrogens with one attached hydrogen (secondary N) is 1. The minimum atomic E-state index is -0.353. The van der Waals surface area contributed by atoms with Gasteiger partial charge in [-0.15, -0.1) is 0 Å². The Balaban J connectivity index is 1.55. The normalized spacial score (nSPS) is 20.4. The summed E-state index contributed by atoms with van der Waals surface area (Å²) in [6.07, 6.45) is 6.36. The number of rotatable bonds is 5. The molecule has 6 nitrogen and oxygen atoms in total. The van der Waals surface area contributed by atoms with Crippen LogP contribution >= 0.6 is 0 Å². The molecule has 1 amide bonds. The SMILES string of the molecule is Cc1ccccc1-n1ncc(C(=O)NO[C@H]2CCCCO2)c1C1CC1. The summed E-state index contributed by atoms with van der Waals surface area (Å²) in [5, 5.41) is 4.49. The zero-order valence-corrected chi connectivity index (χ0v) is 14.4. The Bertz CT molecular complexity index is 761. The van der Waals surface area contributed by atoms with E-state index in [-0.39, 0.29) is 12.2 Å². The van der Waals surface area contributed by atoms with Crippen molar-refractivity contribution < 1.29 is 14.4 Å². The molecule has 25 heavy (non-hydrogen) atoms. The quantitative estimate of drug-likeness (QED) is 0.848. The predicted octanol–water partition coefficient (Wildman–Crippen LogP) is 3.25. The van der Waals surface area contributed by atoms with Gasteiger partial charge in [0.1, 0.15) is 0 Å². The van der Waals surface area contributed by atoms with E-state index in [0.29, 0.717) is 18.1 Å². The van der Waals surface area contributed by atoms with Crippen LogP contribution in [-0.2, 0) is 9.57 Å². The molecule has 2 fully saturated rings. The standard InChI is InChI=1S/C19H23N3O3/c1-13-6-2-3-7-16(13)22-18(14-9-10-14)15(12-20-22)19(23)21-25-17-8-4-5-11-24-17/h2-3,6-7,12,14,17H,4-5,8-11H2,1H3,(H,21,23)/t17-/m0/s1. The van der Waals surface area contributed by atoms with Gasteiger partial charge in [0.25, 0.3) is 5.91 Å². The van der Waals surface area contributed by atoms with Gasteiger partial charge < -0.3 is 4.74 Å². The average molecular weight is 341 g/mol. The number of hydrogen-bond acceptors (Lipinski definition) is 4. The van der Waals surface area contributed by atoms with Crippen molar-refractivity contribution in [1.82, 2.24) is 15.3 Å². The third kappa shape index (κ3) is 3.45. The summed E-state index contributed by atoms with van der Waals surface area (Å²) in [5.41, 5.74) is 6.26. The highest BCUT2D eigenvalue weighted by molar-refractivity contribution is 5.94. The van der Waals surface area contributed by atoms with Gasteiger partial charge in [0.05, 0.1) is 23.1 Å². The third-order valence-electron chi connectivity index (χ3n) is 4.78. The minimum absolute atomic E-state index is 0.254. The van der Waals surface area contributed by atoms with Crippen molar-refractivity contribution in [3.05, 3.63) is 47.3 Å². The molecule has 1 aliphatic heterocycles. The molecule has 1 N–H and O–H groups in total. The summed E-state index contributed by atoms with van der Waals surface area (Å²) in [6, 6.07) is 8.08. The lowest BCUT2D eigenvalue weighted by molar-refractivity contribution is -0.186. The van der Waals surface area contributed by atoms with Crippen molar-refractivity contribution >= 4 is 5.91 Å². The first-order valence-electron chi connectivity index (χ1n) is 8.95. The molecule has 1 atom stereocenters. The molecule has 0 unspecified atom stereocenters. The molecule has 132 valence electrons. The number of para-hydroxylation sites is 1. The van der Waals surface area contributed by atoms with E-state index in [1.807, 2.05) is 22.9 Å². The molecule has 2 heterocycles. The zero-order chi connectivity index (χ0) is 17.2. The summed E-state index contributed by atoms with van der Waals surface area (Å²) in [7, 11) is 0. The van der Waals surface area contributed by atoms with Crippen LogP contribution in [0.3, 0.4) is 0 Å². The first kappa shape index (κ1) is 16.3. The Kier molecular flexibility index (Phi) is 4.55. The number of amides is 1. The number of ether oxygens (including phenoxy) is 1. The van der Waals surface area contributed by atoms with Gasteiger partial charge in [0, 0.05) is 18.9 Å². The monoisotopic (exact) mass is 341 g/mol. The highest BCUT2D eigenvalue weighted by Gasteiger charge is 2.33.